The van der Waals surface area contributed by atoms with Crippen LogP contribution >= 0.6 is 0 Å². The zero-order chi connectivity index (χ0) is 10.1. The van der Waals surface area contributed by atoms with Gasteiger partial charge in [0, 0.05) is 6.54 Å². The van der Waals surface area contributed by atoms with Crippen molar-refractivity contribution >= 4 is 6.09 Å². The van der Waals surface area contributed by atoms with Crippen molar-refractivity contribution in [3.8, 4) is 0 Å². The highest BCUT2D eigenvalue weighted by atomic mass is 19.4. The van der Waals surface area contributed by atoms with Crippen molar-refractivity contribution in [3.05, 3.63) is 0 Å². The van der Waals surface area contributed by atoms with E-state index >= 15 is 0 Å². The Kier molecular flexibility index (Phi) is 2.68. The van der Waals surface area contributed by atoms with E-state index in [-0.39, 0.29) is 13.0 Å². The average Bonchev–Trinajstić information content (AvgIpc) is 2.03. The summed E-state index contributed by atoms with van der Waals surface area (Å²) in [7, 11) is 0. The minimum absolute atomic E-state index is 0.0769. The number of carbonyl (C=O) groups excluding carboxylic acids is 1. The minimum Gasteiger partial charge on any atom is -0.530 e. The van der Waals surface area contributed by atoms with Crippen molar-refractivity contribution in [1.29, 1.82) is 0 Å². The number of halogens is 3. The maximum Gasteiger partial charge on any atom is 0.408 e. The normalized spacial score (nSPS) is 24.5. The molecule has 1 rings (SSSR count). The van der Waals surface area contributed by atoms with Gasteiger partial charge in [0.15, 0.2) is 0 Å². The van der Waals surface area contributed by atoms with Crippen LogP contribution < -0.4 is 5.11 Å². The fraction of sp³-hybridized carbons (Fsp3) is 0.857. The van der Waals surface area contributed by atoms with Gasteiger partial charge in [-0.15, -0.1) is 0 Å². The van der Waals surface area contributed by atoms with Crippen LogP contribution in [0.3, 0.4) is 0 Å². The minimum atomic E-state index is -4.47. The number of carboxylic acid groups (broad SMARTS) is 1. The van der Waals surface area contributed by atoms with Gasteiger partial charge in [-0.05, 0) is 19.3 Å². The molecule has 13 heavy (non-hydrogen) atoms. The summed E-state index contributed by atoms with van der Waals surface area (Å²) in [5, 5.41) is 10.3. The van der Waals surface area contributed by atoms with Crippen LogP contribution in [0.1, 0.15) is 19.3 Å². The van der Waals surface area contributed by atoms with E-state index in [1.54, 1.807) is 0 Å². The van der Waals surface area contributed by atoms with Gasteiger partial charge < -0.3 is 14.8 Å². The Morgan fingerprint density at radius 2 is 2.00 bits per heavy atom. The highest BCUT2D eigenvalue weighted by Crippen LogP contribution is 2.31. The molecule has 1 amide bonds. The summed E-state index contributed by atoms with van der Waals surface area (Å²) in [4.78, 5) is 10.7. The Morgan fingerprint density at radius 3 is 2.38 bits per heavy atom. The van der Waals surface area contributed by atoms with Gasteiger partial charge in [-0.25, -0.2) is 0 Å². The van der Waals surface area contributed by atoms with Crippen LogP contribution in [0.5, 0.6) is 0 Å². The number of hydrogen-bond acceptors (Lipinski definition) is 2. The van der Waals surface area contributed by atoms with Gasteiger partial charge >= 0.3 is 6.18 Å². The van der Waals surface area contributed by atoms with Crippen LogP contribution in [-0.4, -0.2) is 29.8 Å². The fourth-order valence-electron chi connectivity index (χ4n) is 1.49. The average molecular weight is 196 g/mol. The van der Waals surface area contributed by atoms with Gasteiger partial charge in [0.25, 0.3) is 0 Å². The Labute approximate surface area is 73.1 Å². The summed E-state index contributed by atoms with van der Waals surface area (Å²) in [6, 6.07) is -1.87. The SMILES string of the molecule is O=C([O-])N1CCCCC1C(F)(F)F. The molecule has 0 aromatic rings. The molecule has 1 atom stereocenters. The lowest BCUT2D eigenvalue weighted by atomic mass is 10.0. The zero-order valence-corrected chi connectivity index (χ0v) is 6.80. The number of nitrogens with zero attached hydrogens (tertiary/aromatic N) is 1. The summed E-state index contributed by atoms with van der Waals surface area (Å²) in [5.74, 6) is 0. The third-order valence-electron chi connectivity index (χ3n) is 2.12. The molecule has 0 bridgehead atoms. The van der Waals surface area contributed by atoms with E-state index in [1.807, 2.05) is 0 Å². The number of piperidine rings is 1. The lowest BCUT2D eigenvalue weighted by molar-refractivity contribution is -0.282. The van der Waals surface area contributed by atoms with Gasteiger partial charge in [-0.2, -0.15) is 13.2 Å². The molecule has 0 spiro atoms. The second-order valence-corrected chi connectivity index (χ2v) is 3.01. The topological polar surface area (TPSA) is 43.4 Å². The summed E-state index contributed by atoms with van der Waals surface area (Å²) in [5.41, 5.74) is 0. The smallest absolute Gasteiger partial charge is 0.408 e. The van der Waals surface area contributed by atoms with Crippen molar-refractivity contribution < 1.29 is 23.1 Å². The molecule has 0 saturated carbocycles. The molecule has 1 unspecified atom stereocenters. The molecule has 0 aliphatic carbocycles. The molecule has 1 aliphatic rings. The van der Waals surface area contributed by atoms with Gasteiger partial charge in [0.2, 0.25) is 0 Å². The monoisotopic (exact) mass is 196 g/mol. The molecule has 0 N–H and O–H groups in total. The van der Waals surface area contributed by atoms with E-state index in [4.69, 9.17) is 0 Å². The van der Waals surface area contributed by atoms with E-state index in [2.05, 4.69) is 0 Å². The number of likely N-dealkylation sites (tertiary alicyclic amines) is 1. The predicted octanol–water partition coefficient (Wildman–Crippen LogP) is 0.746. The summed E-state index contributed by atoms with van der Waals surface area (Å²) >= 11 is 0. The molecule has 1 aliphatic heterocycles. The van der Waals surface area contributed by atoms with Gasteiger partial charge in [-0.3, -0.25) is 0 Å². The van der Waals surface area contributed by atoms with Crippen molar-refractivity contribution in [2.75, 3.05) is 6.54 Å². The maximum absolute atomic E-state index is 12.2. The molecular formula is C7H9F3NO2-. The van der Waals surface area contributed by atoms with Crippen molar-refractivity contribution in [3.63, 3.8) is 0 Å². The van der Waals surface area contributed by atoms with Gasteiger partial charge in [0.1, 0.15) is 12.1 Å². The molecular weight excluding hydrogens is 187 g/mol. The Hall–Kier alpha value is -0.940. The van der Waals surface area contributed by atoms with Crippen LogP contribution in [0.4, 0.5) is 18.0 Å². The Balaban J connectivity index is 2.73. The van der Waals surface area contributed by atoms with E-state index in [9.17, 15) is 23.1 Å². The first-order valence-electron chi connectivity index (χ1n) is 3.97. The lowest BCUT2D eigenvalue weighted by Crippen LogP contribution is -2.55. The standard InChI is InChI=1S/C7H10F3NO2/c8-7(9,10)5-3-1-2-4-11(5)6(12)13/h5H,1-4H2,(H,12,13)/p-1. The highest BCUT2D eigenvalue weighted by Gasteiger charge is 2.44. The zero-order valence-electron chi connectivity index (χ0n) is 6.80. The van der Waals surface area contributed by atoms with Gasteiger partial charge in [0.05, 0.1) is 0 Å². The molecule has 1 heterocycles. The van der Waals surface area contributed by atoms with Gasteiger partial charge in [-0.1, -0.05) is 0 Å². The largest absolute Gasteiger partial charge is 0.530 e. The van der Waals surface area contributed by atoms with E-state index in [0.717, 1.165) is 0 Å². The highest BCUT2D eigenvalue weighted by molar-refractivity contribution is 5.63. The quantitative estimate of drug-likeness (QED) is 0.573. The molecule has 76 valence electrons. The van der Waals surface area contributed by atoms with Crippen LogP contribution in [-0.2, 0) is 0 Å². The summed E-state index contributed by atoms with van der Waals surface area (Å²) in [6.07, 6.45) is -5.48. The first-order chi connectivity index (χ1) is 5.93. The number of carbonyl (C=O) groups is 1. The summed E-state index contributed by atoms with van der Waals surface area (Å²) in [6.45, 7) is -0.0769. The maximum atomic E-state index is 12.2. The second kappa shape index (κ2) is 3.43. The molecule has 0 radical (unpaired) electrons. The molecule has 0 aromatic heterocycles. The number of alkyl halides is 3. The van der Waals surface area contributed by atoms with E-state index in [1.165, 1.54) is 0 Å². The molecule has 3 nitrogen and oxygen atoms in total. The first-order valence-corrected chi connectivity index (χ1v) is 3.97. The van der Waals surface area contributed by atoms with Crippen LogP contribution in [0, 0.1) is 0 Å². The molecule has 0 aromatic carbocycles. The third kappa shape index (κ3) is 2.26. The molecule has 1 fully saturated rings. The summed E-state index contributed by atoms with van der Waals surface area (Å²) < 4.78 is 36.7. The first kappa shape index (κ1) is 10.1. The van der Waals surface area contributed by atoms with E-state index < -0.39 is 18.3 Å². The predicted molar refractivity (Wildman–Crippen MR) is 35.8 cm³/mol. The molecule has 6 heteroatoms. The fourth-order valence-corrected chi connectivity index (χ4v) is 1.49. The van der Waals surface area contributed by atoms with E-state index in [0.29, 0.717) is 17.7 Å². The number of rotatable bonds is 0. The van der Waals surface area contributed by atoms with Crippen LogP contribution in [0.15, 0.2) is 0 Å². The number of hydrogen-bond donors (Lipinski definition) is 0. The lowest BCUT2D eigenvalue weighted by Gasteiger charge is -2.38. The molecule has 1 saturated heterocycles. The van der Waals surface area contributed by atoms with Crippen molar-refractivity contribution in [2.24, 2.45) is 0 Å². The van der Waals surface area contributed by atoms with Crippen LogP contribution in [0.2, 0.25) is 0 Å². The van der Waals surface area contributed by atoms with Crippen molar-refractivity contribution in [2.45, 2.75) is 31.5 Å². The Bertz CT molecular complexity index is 204. The number of amides is 1. The second-order valence-electron chi connectivity index (χ2n) is 3.01. The van der Waals surface area contributed by atoms with Crippen LogP contribution in [0.25, 0.3) is 0 Å². The van der Waals surface area contributed by atoms with Crippen molar-refractivity contribution in [1.82, 2.24) is 4.90 Å². The Morgan fingerprint density at radius 1 is 1.38 bits per heavy atom. The third-order valence-corrected chi connectivity index (χ3v) is 2.12.